The van der Waals surface area contributed by atoms with E-state index in [2.05, 4.69) is 6.07 Å². The van der Waals surface area contributed by atoms with Crippen LogP contribution < -0.4 is 5.56 Å². The van der Waals surface area contributed by atoms with Gasteiger partial charge in [-0.2, -0.15) is 5.26 Å². The van der Waals surface area contributed by atoms with Gasteiger partial charge < -0.3 is 4.57 Å². The van der Waals surface area contributed by atoms with Gasteiger partial charge >= 0.3 is 0 Å². The molecule has 0 spiro atoms. The smallest absolute Gasteiger partial charge is 0.250 e. The minimum absolute atomic E-state index is 0.00510. The standard InChI is InChI=1S/C11H15N3O/c1-2-13(8-6-12)9-10-14-7-4-3-5-11(14)15/h3-5,7H,2,8-10H2,1H3. The summed E-state index contributed by atoms with van der Waals surface area (Å²) in [6, 6.07) is 7.21. The van der Waals surface area contributed by atoms with Gasteiger partial charge in [-0.25, -0.2) is 0 Å². The van der Waals surface area contributed by atoms with Crippen molar-refractivity contribution in [3.8, 4) is 6.07 Å². The minimum Gasteiger partial charge on any atom is -0.314 e. The maximum Gasteiger partial charge on any atom is 0.250 e. The van der Waals surface area contributed by atoms with Crippen molar-refractivity contribution < 1.29 is 0 Å². The molecule has 0 aliphatic heterocycles. The molecule has 4 nitrogen and oxygen atoms in total. The number of nitrogens with zero attached hydrogens (tertiary/aromatic N) is 3. The van der Waals surface area contributed by atoms with Gasteiger partial charge in [0, 0.05) is 25.4 Å². The van der Waals surface area contributed by atoms with Crippen LogP contribution in [0.4, 0.5) is 0 Å². The predicted octanol–water partition coefficient (Wildman–Crippen LogP) is 0.694. The summed E-state index contributed by atoms with van der Waals surface area (Å²) in [6.45, 7) is 4.61. The van der Waals surface area contributed by atoms with Crippen LogP contribution in [0, 0.1) is 11.3 Å². The lowest BCUT2D eigenvalue weighted by molar-refractivity contribution is 0.306. The molecule has 0 fully saturated rings. The number of rotatable bonds is 5. The van der Waals surface area contributed by atoms with Gasteiger partial charge in [0.2, 0.25) is 0 Å². The molecule has 0 bridgehead atoms. The maximum atomic E-state index is 11.4. The zero-order chi connectivity index (χ0) is 11.1. The molecule has 1 aromatic heterocycles. The lowest BCUT2D eigenvalue weighted by atomic mass is 10.4. The predicted molar refractivity (Wildman–Crippen MR) is 58.4 cm³/mol. The van der Waals surface area contributed by atoms with Crippen molar-refractivity contribution in [1.29, 1.82) is 5.26 Å². The van der Waals surface area contributed by atoms with Gasteiger partial charge in [0.1, 0.15) is 0 Å². The Bertz CT molecular complexity index is 391. The van der Waals surface area contributed by atoms with Gasteiger partial charge in [0.15, 0.2) is 0 Å². The molecule has 0 atom stereocenters. The van der Waals surface area contributed by atoms with E-state index in [-0.39, 0.29) is 5.56 Å². The molecular weight excluding hydrogens is 190 g/mol. The Balaban J connectivity index is 2.53. The Labute approximate surface area is 89.4 Å². The highest BCUT2D eigenvalue weighted by atomic mass is 16.1. The van der Waals surface area contributed by atoms with E-state index in [9.17, 15) is 4.79 Å². The van der Waals surface area contributed by atoms with Gasteiger partial charge in [-0.1, -0.05) is 13.0 Å². The van der Waals surface area contributed by atoms with Crippen molar-refractivity contribution in [3.05, 3.63) is 34.7 Å². The highest BCUT2D eigenvalue weighted by molar-refractivity contribution is 4.93. The molecule has 0 radical (unpaired) electrons. The van der Waals surface area contributed by atoms with E-state index in [4.69, 9.17) is 5.26 Å². The zero-order valence-corrected chi connectivity index (χ0v) is 8.89. The summed E-state index contributed by atoms with van der Waals surface area (Å²) in [4.78, 5) is 13.4. The first kappa shape index (κ1) is 11.5. The number of likely N-dealkylation sites (N-methyl/N-ethyl adjacent to an activating group) is 1. The molecule has 1 rings (SSSR count). The Hall–Kier alpha value is -1.60. The molecule has 0 unspecified atom stereocenters. The fourth-order valence-corrected chi connectivity index (χ4v) is 1.34. The molecule has 0 saturated carbocycles. The van der Waals surface area contributed by atoms with E-state index >= 15 is 0 Å². The first-order valence-corrected chi connectivity index (χ1v) is 5.02. The SMILES string of the molecule is CCN(CC#N)CCn1ccccc1=O. The zero-order valence-electron chi connectivity index (χ0n) is 8.89. The first-order chi connectivity index (χ1) is 7.27. The van der Waals surface area contributed by atoms with Crippen molar-refractivity contribution in [3.63, 3.8) is 0 Å². The number of nitriles is 1. The van der Waals surface area contributed by atoms with Crippen LogP contribution in [0.25, 0.3) is 0 Å². The summed E-state index contributed by atoms with van der Waals surface area (Å²) >= 11 is 0. The quantitative estimate of drug-likeness (QED) is 0.665. The van der Waals surface area contributed by atoms with Crippen molar-refractivity contribution >= 4 is 0 Å². The molecule has 0 N–H and O–H groups in total. The summed E-state index contributed by atoms with van der Waals surface area (Å²) in [5.41, 5.74) is 0.00510. The molecule has 4 heteroatoms. The van der Waals surface area contributed by atoms with Crippen molar-refractivity contribution in [2.24, 2.45) is 0 Å². The van der Waals surface area contributed by atoms with Crippen molar-refractivity contribution in [2.75, 3.05) is 19.6 Å². The third-order valence-electron chi connectivity index (χ3n) is 2.30. The lowest BCUT2D eigenvalue weighted by Crippen LogP contribution is -2.30. The van der Waals surface area contributed by atoms with Crippen LogP contribution in [0.2, 0.25) is 0 Å². The van der Waals surface area contributed by atoms with Crippen LogP contribution in [0.5, 0.6) is 0 Å². The van der Waals surface area contributed by atoms with E-state index in [0.29, 0.717) is 13.1 Å². The van der Waals surface area contributed by atoms with Gasteiger partial charge in [-0.3, -0.25) is 9.69 Å². The van der Waals surface area contributed by atoms with E-state index < -0.39 is 0 Å². The topological polar surface area (TPSA) is 49.0 Å². The molecule has 0 amide bonds. The average molecular weight is 205 g/mol. The monoisotopic (exact) mass is 205 g/mol. The van der Waals surface area contributed by atoms with Gasteiger partial charge in [-0.05, 0) is 12.6 Å². The molecule has 0 saturated heterocycles. The van der Waals surface area contributed by atoms with Crippen LogP contribution in [0.3, 0.4) is 0 Å². The van der Waals surface area contributed by atoms with Crippen LogP contribution in [0.1, 0.15) is 6.92 Å². The van der Waals surface area contributed by atoms with Gasteiger partial charge in [0.05, 0.1) is 12.6 Å². The summed E-state index contributed by atoms with van der Waals surface area (Å²) in [5, 5.41) is 8.56. The van der Waals surface area contributed by atoms with Gasteiger partial charge in [0.25, 0.3) is 5.56 Å². The lowest BCUT2D eigenvalue weighted by Gasteiger charge is -2.16. The second kappa shape index (κ2) is 5.99. The van der Waals surface area contributed by atoms with Crippen LogP contribution in [-0.2, 0) is 6.54 Å². The highest BCUT2D eigenvalue weighted by Gasteiger charge is 2.01. The molecule has 0 aromatic carbocycles. The number of hydrogen-bond acceptors (Lipinski definition) is 3. The number of hydrogen-bond donors (Lipinski definition) is 0. The summed E-state index contributed by atoms with van der Waals surface area (Å²) in [5.74, 6) is 0. The van der Waals surface area contributed by atoms with Crippen LogP contribution in [-0.4, -0.2) is 29.1 Å². The summed E-state index contributed by atoms with van der Waals surface area (Å²) < 4.78 is 1.65. The molecule has 80 valence electrons. The molecule has 15 heavy (non-hydrogen) atoms. The number of aromatic nitrogens is 1. The Morgan fingerprint density at radius 3 is 2.93 bits per heavy atom. The normalized spacial score (nSPS) is 10.2. The van der Waals surface area contributed by atoms with Crippen molar-refractivity contribution in [2.45, 2.75) is 13.5 Å². The van der Waals surface area contributed by atoms with Crippen LogP contribution >= 0.6 is 0 Å². The largest absolute Gasteiger partial charge is 0.314 e. The average Bonchev–Trinajstić information content (AvgIpc) is 2.26. The maximum absolute atomic E-state index is 11.4. The first-order valence-electron chi connectivity index (χ1n) is 5.02. The second-order valence-corrected chi connectivity index (χ2v) is 3.26. The van der Waals surface area contributed by atoms with E-state index in [1.165, 1.54) is 0 Å². The van der Waals surface area contributed by atoms with Crippen molar-refractivity contribution in [1.82, 2.24) is 9.47 Å². The molecule has 1 heterocycles. The summed E-state index contributed by atoms with van der Waals surface area (Å²) in [6.07, 6.45) is 1.77. The minimum atomic E-state index is 0.00510. The Morgan fingerprint density at radius 1 is 1.53 bits per heavy atom. The third-order valence-corrected chi connectivity index (χ3v) is 2.30. The number of pyridine rings is 1. The molecule has 0 aliphatic carbocycles. The summed E-state index contributed by atoms with van der Waals surface area (Å²) in [7, 11) is 0. The second-order valence-electron chi connectivity index (χ2n) is 3.26. The fraction of sp³-hybridized carbons (Fsp3) is 0.455. The molecule has 0 aliphatic rings. The van der Waals surface area contributed by atoms with Gasteiger partial charge in [-0.15, -0.1) is 0 Å². The van der Waals surface area contributed by atoms with E-state index in [1.807, 2.05) is 17.9 Å². The highest BCUT2D eigenvalue weighted by Crippen LogP contribution is 1.89. The van der Waals surface area contributed by atoms with E-state index in [0.717, 1.165) is 13.1 Å². The molecule has 1 aromatic rings. The third kappa shape index (κ3) is 3.56. The van der Waals surface area contributed by atoms with Crippen LogP contribution in [0.15, 0.2) is 29.2 Å². The Morgan fingerprint density at radius 2 is 2.33 bits per heavy atom. The Kier molecular flexibility index (Phi) is 4.58. The van der Waals surface area contributed by atoms with E-state index in [1.54, 1.807) is 22.9 Å². The molecular formula is C11H15N3O. The fourth-order valence-electron chi connectivity index (χ4n) is 1.34.